The van der Waals surface area contributed by atoms with E-state index in [-0.39, 0.29) is 35.4 Å². The molecule has 0 radical (unpaired) electrons. The van der Waals surface area contributed by atoms with Crippen molar-refractivity contribution in [3.05, 3.63) is 18.2 Å². The molecule has 0 spiro atoms. The minimum Gasteiger partial charge on any atom is -0.465 e. The number of benzene rings is 1. The molecule has 2 heterocycles. The van der Waals surface area contributed by atoms with E-state index in [1.165, 1.54) is 28.0 Å². The molecule has 1 aromatic heterocycles. The number of thiazole rings is 1. The second-order valence-electron chi connectivity index (χ2n) is 6.73. The van der Waals surface area contributed by atoms with Gasteiger partial charge in [0.25, 0.3) is 0 Å². The van der Waals surface area contributed by atoms with Gasteiger partial charge in [-0.15, -0.1) is 11.3 Å². The maximum Gasteiger partial charge on any atom is 0.316 e. The van der Waals surface area contributed by atoms with Gasteiger partial charge in [-0.2, -0.15) is 0 Å². The lowest BCUT2D eigenvalue weighted by molar-refractivity contribution is -0.139. The molecule has 6 nitrogen and oxygen atoms in total. The zero-order valence-corrected chi connectivity index (χ0v) is 16.6. The molecule has 27 heavy (non-hydrogen) atoms. The van der Waals surface area contributed by atoms with E-state index in [0.29, 0.717) is 12.3 Å². The van der Waals surface area contributed by atoms with Crippen molar-refractivity contribution in [3.63, 3.8) is 0 Å². The first-order valence-electron chi connectivity index (χ1n) is 9.15. The van der Waals surface area contributed by atoms with Crippen LogP contribution >= 0.6 is 23.1 Å². The Hall–Kier alpha value is -1.93. The monoisotopic (exact) mass is 404 g/mol. The molecule has 2 amide bonds. The van der Waals surface area contributed by atoms with Crippen LogP contribution in [0.3, 0.4) is 0 Å². The van der Waals surface area contributed by atoms with Crippen molar-refractivity contribution in [3.8, 4) is 0 Å². The zero-order chi connectivity index (χ0) is 19.0. The van der Waals surface area contributed by atoms with E-state index >= 15 is 0 Å². The van der Waals surface area contributed by atoms with E-state index in [1.54, 1.807) is 13.0 Å². The summed E-state index contributed by atoms with van der Waals surface area (Å²) in [7, 11) is 0. The first-order chi connectivity index (χ1) is 13.1. The Morgan fingerprint density at radius 3 is 2.63 bits per heavy atom. The Morgan fingerprint density at radius 2 is 1.96 bits per heavy atom. The molecular weight excluding hydrogens is 384 g/mol. The van der Waals surface area contributed by atoms with Crippen LogP contribution in [0.4, 0.5) is 5.69 Å². The van der Waals surface area contributed by atoms with Crippen LogP contribution in [0.5, 0.6) is 0 Å². The molecule has 0 bridgehead atoms. The van der Waals surface area contributed by atoms with Crippen molar-refractivity contribution in [2.75, 3.05) is 17.3 Å². The summed E-state index contributed by atoms with van der Waals surface area (Å²) in [5.74, 6) is -0.486. The number of carbonyl (C=O) groups excluding carboxylic acids is 3. The van der Waals surface area contributed by atoms with E-state index in [2.05, 4.69) is 4.98 Å². The lowest BCUT2D eigenvalue weighted by Crippen LogP contribution is -2.30. The SMILES string of the molecule is CCOC(=O)CSc1nc2ccc(N3C(=O)[C@H]4CCCC[C@@H]4C3=O)cc2s1. The molecule has 1 aliphatic heterocycles. The number of thioether (sulfide) groups is 1. The average Bonchev–Trinajstić information content (AvgIpc) is 3.19. The first-order valence-corrected chi connectivity index (χ1v) is 11.0. The molecular formula is C19H20N2O4S2. The van der Waals surface area contributed by atoms with Crippen LogP contribution in [-0.2, 0) is 19.1 Å². The number of nitrogens with zero attached hydrogens (tertiary/aromatic N) is 2. The van der Waals surface area contributed by atoms with Gasteiger partial charge in [0.2, 0.25) is 11.8 Å². The maximum atomic E-state index is 12.8. The molecule has 4 rings (SSSR count). The molecule has 2 aliphatic rings. The van der Waals surface area contributed by atoms with Gasteiger partial charge in [-0.1, -0.05) is 24.6 Å². The number of fused-ring (bicyclic) bond motifs is 2. The number of anilines is 1. The molecule has 1 aliphatic carbocycles. The largest absolute Gasteiger partial charge is 0.465 e. The summed E-state index contributed by atoms with van der Waals surface area (Å²) in [5, 5.41) is 0. The predicted octanol–water partition coefficient (Wildman–Crippen LogP) is 3.63. The van der Waals surface area contributed by atoms with Gasteiger partial charge in [0, 0.05) is 0 Å². The van der Waals surface area contributed by atoms with E-state index in [0.717, 1.165) is 40.2 Å². The van der Waals surface area contributed by atoms with E-state index < -0.39 is 0 Å². The van der Waals surface area contributed by atoms with Gasteiger partial charge in [-0.3, -0.25) is 19.3 Å². The molecule has 2 atom stereocenters. The zero-order valence-electron chi connectivity index (χ0n) is 15.0. The topological polar surface area (TPSA) is 76.6 Å². The van der Waals surface area contributed by atoms with Gasteiger partial charge >= 0.3 is 5.97 Å². The summed E-state index contributed by atoms with van der Waals surface area (Å²) in [6, 6.07) is 5.47. The van der Waals surface area contributed by atoms with Crippen molar-refractivity contribution in [2.24, 2.45) is 11.8 Å². The van der Waals surface area contributed by atoms with E-state index in [4.69, 9.17) is 4.74 Å². The average molecular weight is 405 g/mol. The Morgan fingerprint density at radius 1 is 1.26 bits per heavy atom. The summed E-state index contributed by atoms with van der Waals surface area (Å²) >= 11 is 2.79. The minimum atomic E-state index is -0.265. The third-order valence-corrected chi connectivity index (χ3v) is 7.21. The summed E-state index contributed by atoms with van der Waals surface area (Å²) in [5.41, 5.74) is 1.42. The minimum absolute atomic E-state index is 0.0644. The van der Waals surface area contributed by atoms with Crippen LogP contribution in [0.15, 0.2) is 22.5 Å². The fourth-order valence-electron chi connectivity index (χ4n) is 3.83. The van der Waals surface area contributed by atoms with Crippen LogP contribution in [-0.4, -0.2) is 35.1 Å². The molecule has 0 unspecified atom stereocenters. The van der Waals surface area contributed by atoms with Crippen molar-refractivity contribution in [2.45, 2.75) is 36.9 Å². The highest BCUT2D eigenvalue weighted by Crippen LogP contribution is 2.41. The van der Waals surface area contributed by atoms with Gasteiger partial charge in [0.15, 0.2) is 4.34 Å². The highest BCUT2D eigenvalue weighted by Gasteiger charge is 2.48. The summed E-state index contributed by atoms with van der Waals surface area (Å²) in [4.78, 5) is 42.9. The molecule has 2 fully saturated rings. The molecule has 0 N–H and O–H groups in total. The Bertz CT molecular complexity index is 886. The standard InChI is InChI=1S/C19H20N2O4S2/c1-2-25-16(22)10-26-19-20-14-8-7-11(9-15(14)27-19)21-17(23)12-5-3-4-6-13(12)18(21)24/h7-9,12-13H,2-6,10H2,1H3/t12-,13-/m0/s1. The molecule has 1 saturated carbocycles. The number of esters is 1. The van der Waals surface area contributed by atoms with Gasteiger partial charge in [-0.05, 0) is 38.0 Å². The fourth-order valence-corrected chi connectivity index (χ4v) is 5.73. The van der Waals surface area contributed by atoms with Crippen molar-refractivity contribution in [1.29, 1.82) is 0 Å². The molecule has 1 saturated heterocycles. The van der Waals surface area contributed by atoms with Gasteiger partial charge in [0.05, 0.1) is 40.1 Å². The molecule has 1 aromatic carbocycles. The number of hydrogen-bond donors (Lipinski definition) is 0. The summed E-state index contributed by atoms with van der Waals surface area (Å²) in [6.45, 7) is 2.14. The fraction of sp³-hybridized carbons (Fsp3) is 0.474. The molecule has 8 heteroatoms. The highest BCUT2D eigenvalue weighted by atomic mass is 32.2. The smallest absolute Gasteiger partial charge is 0.316 e. The Labute approximate surface area is 165 Å². The second kappa shape index (κ2) is 7.59. The van der Waals surface area contributed by atoms with Gasteiger partial charge < -0.3 is 4.74 Å². The van der Waals surface area contributed by atoms with Crippen LogP contribution < -0.4 is 4.90 Å². The van der Waals surface area contributed by atoms with Crippen LogP contribution in [0.25, 0.3) is 10.2 Å². The number of carbonyl (C=O) groups is 3. The highest BCUT2D eigenvalue weighted by molar-refractivity contribution is 8.01. The molecule has 142 valence electrons. The Balaban J connectivity index is 1.55. The third kappa shape index (κ3) is 3.48. The van der Waals surface area contributed by atoms with Gasteiger partial charge in [-0.25, -0.2) is 4.98 Å². The lowest BCUT2D eigenvalue weighted by Gasteiger charge is -2.19. The number of imide groups is 1. The number of rotatable bonds is 5. The second-order valence-corrected chi connectivity index (χ2v) is 8.99. The number of hydrogen-bond acceptors (Lipinski definition) is 7. The maximum absolute atomic E-state index is 12.8. The quantitative estimate of drug-likeness (QED) is 0.430. The summed E-state index contributed by atoms with van der Waals surface area (Å²) < 4.78 is 6.59. The normalized spacial score (nSPS) is 22.3. The van der Waals surface area contributed by atoms with Crippen LogP contribution in [0.1, 0.15) is 32.6 Å². The summed E-state index contributed by atoms with van der Waals surface area (Å²) in [6.07, 6.45) is 3.65. The molecule has 2 aromatic rings. The number of ether oxygens (including phenoxy) is 1. The van der Waals surface area contributed by atoms with Crippen molar-refractivity contribution < 1.29 is 19.1 Å². The van der Waals surface area contributed by atoms with Gasteiger partial charge in [0.1, 0.15) is 0 Å². The lowest BCUT2D eigenvalue weighted by atomic mass is 9.81. The Kier molecular flexibility index (Phi) is 5.19. The third-order valence-electron chi connectivity index (χ3n) is 5.07. The first kappa shape index (κ1) is 18.4. The predicted molar refractivity (Wildman–Crippen MR) is 105 cm³/mol. The van der Waals surface area contributed by atoms with Crippen LogP contribution in [0, 0.1) is 11.8 Å². The number of amides is 2. The number of aromatic nitrogens is 1. The van der Waals surface area contributed by atoms with E-state index in [9.17, 15) is 14.4 Å². The van der Waals surface area contributed by atoms with Crippen molar-refractivity contribution >= 4 is 56.8 Å². The van der Waals surface area contributed by atoms with E-state index in [1.807, 2.05) is 12.1 Å². The van der Waals surface area contributed by atoms with Crippen LogP contribution in [0.2, 0.25) is 0 Å². The van der Waals surface area contributed by atoms with Crippen molar-refractivity contribution in [1.82, 2.24) is 4.98 Å².